The summed E-state index contributed by atoms with van der Waals surface area (Å²) in [6.07, 6.45) is 0. The van der Waals surface area contributed by atoms with Crippen LogP contribution in [0.4, 0.5) is 5.69 Å². The van der Waals surface area contributed by atoms with E-state index in [0.29, 0.717) is 6.54 Å². The van der Waals surface area contributed by atoms with Crippen LogP contribution in [0.3, 0.4) is 0 Å². The predicted molar refractivity (Wildman–Crippen MR) is 113 cm³/mol. The van der Waals surface area contributed by atoms with Crippen molar-refractivity contribution in [3.8, 4) is 0 Å². The second kappa shape index (κ2) is 6.66. The normalized spacial score (nSPS) is 11.0. The summed E-state index contributed by atoms with van der Waals surface area (Å²) in [7, 11) is 0. The zero-order chi connectivity index (χ0) is 18.1. The van der Waals surface area contributed by atoms with Crippen molar-refractivity contribution in [2.24, 2.45) is 5.73 Å². The fraction of sp³-hybridized carbons (Fsp3) is 0.0833. The molecule has 0 aliphatic heterocycles. The molecule has 4 aromatic carbocycles. The van der Waals surface area contributed by atoms with Crippen LogP contribution in [0.25, 0.3) is 27.2 Å². The number of rotatable bonds is 4. The number of hydrogen-bond acceptors (Lipinski definition) is 2. The van der Waals surface area contributed by atoms with E-state index in [9.17, 15) is 0 Å². The van der Waals surface area contributed by atoms with E-state index in [1.54, 1.807) is 0 Å². The van der Waals surface area contributed by atoms with Gasteiger partial charge in [-0.15, -0.1) is 0 Å². The van der Waals surface area contributed by atoms with Gasteiger partial charge in [-0.25, -0.2) is 0 Å². The Balaban J connectivity index is 1.87. The molecule has 4 rings (SSSR count). The molecule has 3 N–H and O–H groups in total. The molecule has 0 aliphatic carbocycles. The molecule has 0 radical (unpaired) electrons. The van der Waals surface area contributed by atoms with Crippen LogP contribution in [0.15, 0.2) is 79.4 Å². The lowest BCUT2D eigenvalue weighted by Gasteiger charge is -2.18. The van der Waals surface area contributed by atoms with Gasteiger partial charge >= 0.3 is 0 Å². The van der Waals surface area contributed by atoms with Crippen LogP contribution in [-0.2, 0) is 6.54 Å². The fourth-order valence-electron chi connectivity index (χ4n) is 3.59. The highest BCUT2D eigenvalue weighted by Crippen LogP contribution is 2.37. The average molecular weight is 338 g/mol. The maximum absolute atomic E-state index is 5.78. The second-order valence-corrected chi connectivity index (χ2v) is 6.60. The van der Waals surface area contributed by atoms with Gasteiger partial charge in [0.05, 0.1) is 0 Å². The molecule has 0 aliphatic rings. The third-order valence-corrected chi connectivity index (χ3v) is 4.98. The van der Waals surface area contributed by atoms with Crippen LogP contribution < -0.4 is 11.1 Å². The van der Waals surface area contributed by atoms with E-state index in [0.717, 1.165) is 22.5 Å². The Labute approximate surface area is 154 Å². The monoisotopic (exact) mass is 338 g/mol. The molecule has 4 aromatic rings. The molecule has 2 nitrogen and oxygen atoms in total. The lowest BCUT2D eigenvalue weighted by atomic mass is 9.95. The highest BCUT2D eigenvalue weighted by atomic mass is 14.9. The Kier molecular flexibility index (Phi) is 4.19. The first-order valence-electron chi connectivity index (χ1n) is 8.84. The van der Waals surface area contributed by atoms with E-state index >= 15 is 0 Å². The summed E-state index contributed by atoms with van der Waals surface area (Å²) in [5, 5.41) is 8.58. The predicted octanol–water partition coefficient (Wildman–Crippen LogP) is 5.84. The number of aryl methyl sites for hydroxylation is 1. The van der Waals surface area contributed by atoms with Crippen molar-refractivity contribution < 1.29 is 0 Å². The summed E-state index contributed by atoms with van der Waals surface area (Å²) in [4.78, 5) is 0. The molecule has 0 unspecified atom stereocenters. The molecule has 0 spiro atoms. The van der Waals surface area contributed by atoms with Gasteiger partial charge in [0.1, 0.15) is 0 Å². The lowest BCUT2D eigenvalue weighted by Crippen LogP contribution is -2.03. The number of anilines is 1. The van der Waals surface area contributed by atoms with Gasteiger partial charge in [0, 0.05) is 23.3 Å². The van der Waals surface area contributed by atoms with Crippen molar-refractivity contribution in [3.63, 3.8) is 0 Å². The van der Waals surface area contributed by atoms with Crippen molar-refractivity contribution in [2.45, 2.75) is 13.5 Å². The number of nitrogens with one attached hydrogen (secondary N) is 1. The van der Waals surface area contributed by atoms with E-state index in [-0.39, 0.29) is 0 Å². The van der Waals surface area contributed by atoms with Gasteiger partial charge in [-0.2, -0.15) is 0 Å². The molecule has 26 heavy (non-hydrogen) atoms. The summed E-state index contributed by atoms with van der Waals surface area (Å²) >= 11 is 0. The Bertz CT molecular complexity index is 1130. The molecular weight excluding hydrogens is 316 g/mol. The molecule has 0 saturated carbocycles. The summed E-state index contributed by atoms with van der Waals surface area (Å²) in [6.45, 7) is 6.97. The number of nitrogens with two attached hydrogens (primary N) is 1. The van der Waals surface area contributed by atoms with E-state index in [4.69, 9.17) is 5.73 Å². The Morgan fingerprint density at radius 3 is 2.15 bits per heavy atom. The second-order valence-electron chi connectivity index (χ2n) is 6.60. The van der Waals surface area contributed by atoms with Gasteiger partial charge in [-0.3, -0.25) is 0 Å². The molecule has 0 bridgehead atoms. The van der Waals surface area contributed by atoms with Crippen LogP contribution in [0, 0.1) is 6.92 Å². The van der Waals surface area contributed by atoms with E-state index in [1.807, 2.05) is 12.1 Å². The van der Waals surface area contributed by atoms with Crippen molar-refractivity contribution in [1.82, 2.24) is 0 Å². The van der Waals surface area contributed by atoms with Crippen LogP contribution in [0.5, 0.6) is 0 Å². The van der Waals surface area contributed by atoms with Crippen molar-refractivity contribution in [2.75, 3.05) is 5.32 Å². The molecule has 0 aromatic heterocycles. The molecule has 0 saturated heterocycles. The maximum Gasteiger partial charge on any atom is 0.0500 e. The third kappa shape index (κ3) is 2.75. The minimum absolute atomic E-state index is 0.527. The molecule has 0 heterocycles. The highest BCUT2D eigenvalue weighted by Gasteiger charge is 2.12. The van der Waals surface area contributed by atoms with Gasteiger partial charge < -0.3 is 11.1 Å². The van der Waals surface area contributed by atoms with Crippen molar-refractivity contribution >= 4 is 32.9 Å². The number of benzene rings is 4. The summed E-state index contributed by atoms with van der Waals surface area (Å²) in [5.74, 6) is 0. The zero-order valence-electron chi connectivity index (χ0n) is 14.9. The first-order chi connectivity index (χ1) is 12.7. The smallest absolute Gasteiger partial charge is 0.0500 e. The molecule has 0 fully saturated rings. The van der Waals surface area contributed by atoms with Crippen LogP contribution in [0.1, 0.15) is 16.7 Å². The Hall–Kier alpha value is -3.10. The van der Waals surface area contributed by atoms with Crippen LogP contribution in [-0.4, -0.2) is 0 Å². The standard InChI is InChI=1S/C24H22N2/c1-16-20-10-3-4-11-21(20)22-12-5-6-13-23(22)24(16)26-17(2)19-9-7-8-18(14-19)15-25/h3-14,26H,2,15,25H2,1H3. The minimum Gasteiger partial charge on any atom is -0.355 e. The topological polar surface area (TPSA) is 38.0 Å². The van der Waals surface area contributed by atoms with Crippen molar-refractivity contribution in [1.29, 1.82) is 0 Å². The van der Waals surface area contributed by atoms with Gasteiger partial charge in [-0.05, 0) is 45.8 Å². The molecule has 0 amide bonds. The van der Waals surface area contributed by atoms with E-state index < -0.39 is 0 Å². The Morgan fingerprint density at radius 2 is 1.46 bits per heavy atom. The zero-order valence-corrected chi connectivity index (χ0v) is 14.9. The van der Waals surface area contributed by atoms with Crippen molar-refractivity contribution in [3.05, 3.63) is 96.1 Å². The van der Waals surface area contributed by atoms with Crippen LogP contribution in [0.2, 0.25) is 0 Å². The fourth-order valence-corrected chi connectivity index (χ4v) is 3.59. The molecule has 0 atom stereocenters. The van der Waals surface area contributed by atoms with Gasteiger partial charge in [0.2, 0.25) is 0 Å². The molecule has 2 heteroatoms. The SMILES string of the molecule is C=C(Nc1c(C)c2ccccc2c2ccccc12)c1cccc(CN)c1. The van der Waals surface area contributed by atoms with E-state index in [1.165, 1.54) is 27.1 Å². The minimum atomic E-state index is 0.527. The van der Waals surface area contributed by atoms with Gasteiger partial charge in [-0.1, -0.05) is 73.3 Å². The Morgan fingerprint density at radius 1 is 0.846 bits per heavy atom. The molecule has 128 valence electrons. The first kappa shape index (κ1) is 16.4. The van der Waals surface area contributed by atoms with Gasteiger partial charge in [0.25, 0.3) is 0 Å². The summed E-state index contributed by atoms with van der Waals surface area (Å²) in [6, 6.07) is 25.3. The third-order valence-electron chi connectivity index (χ3n) is 4.98. The maximum atomic E-state index is 5.78. The van der Waals surface area contributed by atoms with Crippen LogP contribution >= 0.6 is 0 Å². The van der Waals surface area contributed by atoms with E-state index in [2.05, 4.69) is 79.5 Å². The summed E-state index contributed by atoms with van der Waals surface area (Å²) < 4.78 is 0. The molecular formula is C24H22N2. The average Bonchev–Trinajstić information content (AvgIpc) is 2.71. The number of hydrogen-bond donors (Lipinski definition) is 2. The van der Waals surface area contributed by atoms with Gasteiger partial charge in [0.15, 0.2) is 0 Å². The quantitative estimate of drug-likeness (QED) is 0.459. The lowest BCUT2D eigenvalue weighted by molar-refractivity contribution is 1.07. The first-order valence-corrected chi connectivity index (χ1v) is 8.84. The highest BCUT2D eigenvalue weighted by molar-refractivity contribution is 6.15. The summed E-state index contributed by atoms with van der Waals surface area (Å²) in [5.41, 5.74) is 11.2. The number of fused-ring (bicyclic) bond motifs is 3. The largest absolute Gasteiger partial charge is 0.355 e.